The molecule has 60 valence electrons. The minimum Gasteiger partial charge on any atom is -0.483 e. The normalized spacial score (nSPS) is 28.2. The Balaban J connectivity index is 0.000000236. The van der Waals surface area contributed by atoms with Crippen LogP contribution in [0.5, 0.6) is 0 Å². The predicted molar refractivity (Wildman–Crippen MR) is 37.9 cm³/mol. The van der Waals surface area contributed by atoms with Crippen LogP contribution in [0, 0.1) is 0 Å². The van der Waals surface area contributed by atoms with Crippen LogP contribution in [-0.4, -0.2) is 23.8 Å². The third-order valence-corrected chi connectivity index (χ3v) is 1.49. The fourth-order valence-corrected chi connectivity index (χ4v) is 0.897. The van der Waals surface area contributed by atoms with Gasteiger partial charge in [-0.05, 0) is 12.8 Å². The summed E-state index contributed by atoms with van der Waals surface area (Å²) in [5.74, 6) is 0. The maximum absolute atomic E-state index is 8.36. The summed E-state index contributed by atoms with van der Waals surface area (Å²) in [5.41, 5.74) is 0. The zero-order valence-electron chi connectivity index (χ0n) is 6.41. The summed E-state index contributed by atoms with van der Waals surface area (Å²) < 4.78 is 5.22. The van der Waals surface area contributed by atoms with E-state index in [-0.39, 0.29) is 6.47 Å². The third kappa shape index (κ3) is 3.45. The number of rotatable bonds is 2. The Labute approximate surface area is 61.0 Å². The monoisotopic (exact) mass is 146 g/mol. The lowest BCUT2D eigenvalue weighted by atomic mass is 10.2. The van der Waals surface area contributed by atoms with Gasteiger partial charge in [-0.25, -0.2) is 0 Å². The molecule has 0 aromatic heterocycles. The van der Waals surface area contributed by atoms with Gasteiger partial charge in [-0.15, -0.1) is 0 Å². The van der Waals surface area contributed by atoms with Crippen LogP contribution >= 0.6 is 0 Å². The van der Waals surface area contributed by atoms with Gasteiger partial charge in [0, 0.05) is 0 Å². The quantitative estimate of drug-likeness (QED) is 0.471. The van der Waals surface area contributed by atoms with Gasteiger partial charge in [0.15, 0.2) is 0 Å². The van der Waals surface area contributed by atoms with E-state index < -0.39 is 0 Å². The van der Waals surface area contributed by atoms with Gasteiger partial charge in [0.05, 0.1) is 12.2 Å². The molecule has 3 heteroatoms. The number of carbonyl (C=O) groups is 1. The Hall–Kier alpha value is -0.570. The lowest BCUT2D eigenvalue weighted by Gasteiger charge is -1.77. The first-order valence-electron chi connectivity index (χ1n) is 3.53. The molecule has 1 aliphatic heterocycles. The molecule has 1 rings (SSSR count). The Morgan fingerprint density at radius 3 is 1.80 bits per heavy atom. The van der Waals surface area contributed by atoms with Crippen molar-refractivity contribution in [3.05, 3.63) is 0 Å². The molecule has 0 aromatic carbocycles. The third-order valence-electron chi connectivity index (χ3n) is 1.49. The molecule has 0 aromatic rings. The van der Waals surface area contributed by atoms with Crippen molar-refractivity contribution in [2.75, 3.05) is 0 Å². The lowest BCUT2D eigenvalue weighted by molar-refractivity contribution is -0.122. The minimum absolute atomic E-state index is 0.250. The van der Waals surface area contributed by atoms with Crippen LogP contribution in [0.2, 0.25) is 0 Å². The Kier molecular flexibility index (Phi) is 4.94. The second-order valence-electron chi connectivity index (χ2n) is 2.13. The maximum Gasteiger partial charge on any atom is 0.290 e. The van der Waals surface area contributed by atoms with Gasteiger partial charge in [0.2, 0.25) is 0 Å². The zero-order valence-corrected chi connectivity index (χ0v) is 6.41. The minimum atomic E-state index is -0.250. The molecular weight excluding hydrogens is 132 g/mol. The average Bonchev–Trinajstić information content (AvgIpc) is 2.67. The molecule has 1 fully saturated rings. The van der Waals surface area contributed by atoms with Crippen molar-refractivity contribution in [1.82, 2.24) is 0 Å². The number of ether oxygens (including phenoxy) is 1. The molecule has 2 unspecified atom stereocenters. The topological polar surface area (TPSA) is 49.8 Å². The van der Waals surface area contributed by atoms with E-state index in [1.807, 2.05) is 0 Å². The highest BCUT2D eigenvalue weighted by atomic mass is 16.6. The van der Waals surface area contributed by atoms with E-state index in [4.69, 9.17) is 14.6 Å². The molecular formula is C7H14O3. The summed E-state index contributed by atoms with van der Waals surface area (Å²) in [4.78, 5) is 8.36. The summed E-state index contributed by atoms with van der Waals surface area (Å²) in [6, 6.07) is 0. The zero-order chi connectivity index (χ0) is 7.98. The Morgan fingerprint density at radius 2 is 1.70 bits per heavy atom. The van der Waals surface area contributed by atoms with E-state index in [0.717, 1.165) is 0 Å². The highest BCUT2D eigenvalue weighted by Gasteiger charge is 2.34. The van der Waals surface area contributed by atoms with Gasteiger partial charge in [-0.1, -0.05) is 13.8 Å². The van der Waals surface area contributed by atoms with Crippen molar-refractivity contribution in [3.8, 4) is 0 Å². The fourth-order valence-electron chi connectivity index (χ4n) is 0.897. The number of hydrogen-bond donors (Lipinski definition) is 1. The van der Waals surface area contributed by atoms with E-state index >= 15 is 0 Å². The number of epoxide rings is 1. The van der Waals surface area contributed by atoms with Crippen LogP contribution < -0.4 is 0 Å². The van der Waals surface area contributed by atoms with E-state index in [2.05, 4.69) is 13.8 Å². The van der Waals surface area contributed by atoms with Crippen LogP contribution in [0.25, 0.3) is 0 Å². The van der Waals surface area contributed by atoms with Crippen molar-refractivity contribution < 1.29 is 14.6 Å². The van der Waals surface area contributed by atoms with Crippen molar-refractivity contribution in [3.63, 3.8) is 0 Å². The molecule has 10 heavy (non-hydrogen) atoms. The maximum atomic E-state index is 8.36. The van der Waals surface area contributed by atoms with E-state index in [1.54, 1.807) is 0 Å². The van der Waals surface area contributed by atoms with Crippen molar-refractivity contribution in [2.24, 2.45) is 0 Å². The van der Waals surface area contributed by atoms with Gasteiger partial charge in [0.25, 0.3) is 6.47 Å². The Morgan fingerprint density at radius 1 is 1.40 bits per heavy atom. The molecule has 0 radical (unpaired) electrons. The molecule has 1 heterocycles. The molecule has 0 spiro atoms. The smallest absolute Gasteiger partial charge is 0.290 e. The van der Waals surface area contributed by atoms with Crippen LogP contribution in [0.3, 0.4) is 0 Å². The average molecular weight is 146 g/mol. The fraction of sp³-hybridized carbons (Fsp3) is 0.857. The van der Waals surface area contributed by atoms with Gasteiger partial charge >= 0.3 is 0 Å². The number of hydrogen-bond acceptors (Lipinski definition) is 2. The van der Waals surface area contributed by atoms with Crippen LogP contribution in [0.4, 0.5) is 0 Å². The summed E-state index contributed by atoms with van der Waals surface area (Å²) in [6.07, 6.45) is 3.62. The van der Waals surface area contributed by atoms with Crippen LogP contribution in [0.1, 0.15) is 26.7 Å². The second-order valence-corrected chi connectivity index (χ2v) is 2.13. The predicted octanol–water partition coefficient (Wildman–Crippen LogP) is 1.27. The second kappa shape index (κ2) is 5.23. The summed E-state index contributed by atoms with van der Waals surface area (Å²) in [6.45, 7) is 4.08. The van der Waals surface area contributed by atoms with Crippen LogP contribution in [-0.2, 0) is 9.53 Å². The van der Waals surface area contributed by atoms with Crippen molar-refractivity contribution >= 4 is 6.47 Å². The highest BCUT2D eigenvalue weighted by molar-refractivity contribution is 5.32. The molecule has 1 saturated heterocycles. The molecule has 0 saturated carbocycles. The standard InChI is InChI=1S/C6H12O.CH2O2/c1-3-5-6(4-2)7-5;2-1-3/h5-6H,3-4H2,1-2H3;1H,(H,2,3). The van der Waals surface area contributed by atoms with Gasteiger partial charge in [-0.3, -0.25) is 4.79 Å². The van der Waals surface area contributed by atoms with E-state index in [0.29, 0.717) is 12.2 Å². The van der Waals surface area contributed by atoms with Gasteiger partial charge in [-0.2, -0.15) is 0 Å². The molecule has 0 amide bonds. The lowest BCUT2D eigenvalue weighted by Crippen LogP contribution is -1.87. The summed E-state index contributed by atoms with van der Waals surface area (Å²) >= 11 is 0. The first-order chi connectivity index (χ1) is 4.79. The molecule has 2 atom stereocenters. The van der Waals surface area contributed by atoms with Gasteiger partial charge < -0.3 is 9.84 Å². The highest BCUT2D eigenvalue weighted by Crippen LogP contribution is 2.26. The SMILES string of the molecule is CCC1OC1CC.O=CO. The molecule has 1 N–H and O–H groups in total. The van der Waals surface area contributed by atoms with Gasteiger partial charge in [0.1, 0.15) is 0 Å². The molecule has 0 aliphatic carbocycles. The van der Waals surface area contributed by atoms with Crippen molar-refractivity contribution in [2.45, 2.75) is 38.9 Å². The first kappa shape index (κ1) is 9.43. The Bertz CT molecular complexity index is 84.9. The van der Waals surface area contributed by atoms with E-state index in [1.165, 1.54) is 12.8 Å². The largest absolute Gasteiger partial charge is 0.483 e. The van der Waals surface area contributed by atoms with E-state index in [9.17, 15) is 0 Å². The first-order valence-corrected chi connectivity index (χ1v) is 3.53. The summed E-state index contributed by atoms with van der Waals surface area (Å²) in [5, 5.41) is 6.89. The molecule has 1 aliphatic rings. The summed E-state index contributed by atoms with van der Waals surface area (Å²) in [7, 11) is 0. The van der Waals surface area contributed by atoms with Crippen LogP contribution in [0.15, 0.2) is 0 Å². The molecule has 0 bridgehead atoms. The molecule has 3 nitrogen and oxygen atoms in total. The van der Waals surface area contributed by atoms with Crippen molar-refractivity contribution in [1.29, 1.82) is 0 Å². The number of carboxylic acid groups (broad SMARTS) is 1.